The SMILES string of the molecule is CN(Cc1cc2c(cc1N)OCCO2)c1cccc(O)c1. The van der Waals surface area contributed by atoms with Gasteiger partial charge in [0.05, 0.1) is 0 Å². The van der Waals surface area contributed by atoms with Crippen LogP contribution < -0.4 is 20.1 Å². The molecule has 0 saturated heterocycles. The van der Waals surface area contributed by atoms with Gasteiger partial charge in [-0.05, 0) is 23.8 Å². The number of rotatable bonds is 3. The van der Waals surface area contributed by atoms with Crippen molar-refractivity contribution in [1.82, 2.24) is 0 Å². The normalized spacial score (nSPS) is 13.0. The molecule has 5 nitrogen and oxygen atoms in total. The van der Waals surface area contributed by atoms with Gasteiger partial charge in [0.15, 0.2) is 11.5 Å². The lowest BCUT2D eigenvalue weighted by Crippen LogP contribution is -2.19. The molecule has 0 amide bonds. The number of nitrogens with two attached hydrogens (primary N) is 1. The maximum atomic E-state index is 9.55. The molecule has 5 heteroatoms. The van der Waals surface area contributed by atoms with Crippen molar-refractivity contribution >= 4 is 11.4 Å². The molecule has 3 rings (SSSR count). The van der Waals surface area contributed by atoms with Crippen LogP contribution in [0.4, 0.5) is 11.4 Å². The van der Waals surface area contributed by atoms with Crippen LogP contribution in [-0.4, -0.2) is 25.4 Å². The highest BCUT2D eigenvalue weighted by Crippen LogP contribution is 2.35. The number of phenols is 1. The van der Waals surface area contributed by atoms with Gasteiger partial charge < -0.3 is 25.2 Å². The van der Waals surface area contributed by atoms with Gasteiger partial charge >= 0.3 is 0 Å². The summed E-state index contributed by atoms with van der Waals surface area (Å²) in [6.07, 6.45) is 0. The molecular formula is C16H18N2O3. The number of hydrogen-bond acceptors (Lipinski definition) is 5. The monoisotopic (exact) mass is 286 g/mol. The zero-order valence-electron chi connectivity index (χ0n) is 11.9. The molecule has 1 aliphatic heterocycles. The summed E-state index contributed by atoms with van der Waals surface area (Å²) in [6, 6.07) is 10.8. The van der Waals surface area contributed by atoms with E-state index in [1.165, 1.54) is 0 Å². The van der Waals surface area contributed by atoms with Crippen molar-refractivity contribution < 1.29 is 14.6 Å². The van der Waals surface area contributed by atoms with Crippen LogP contribution in [0.15, 0.2) is 36.4 Å². The van der Waals surface area contributed by atoms with Gasteiger partial charge in [-0.3, -0.25) is 0 Å². The second-order valence-corrected chi connectivity index (χ2v) is 5.07. The lowest BCUT2D eigenvalue weighted by Gasteiger charge is -2.23. The van der Waals surface area contributed by atoms with Gasteiger partial charge in [0.2, 0.25) is 0 Å². The number of aromatic hydroxyl groups is 1. The highest BCUT2D eigenvalue weighted by Gasteiger charge is 2.15. The third-order valence-corrected chi connectivity index (χ3v) is 3.48. The molecule has 0 aromatic heterocycles. The first-order chi connectivity index (χ1) is 10.1. The summed E-state index contributed by atoms with van der Waals surface area (Å²) in [4.78, 5) is 2.02. The Morgan fingerprint density at radius 2 is 1.86 bits per heavy atom. The molecule has 0 saturated carbocycles. The highest BCUT2D eigenvalue weighted by atomic mass is 16.6. The average Bonchev–Trinajstić information content (AvgIpc) is 2.48. The Morgan fingerprint density at radius 1 is 1.14 bits per heavy atom. The smallest absolute Gasteiger partial charge is 0.163 e. The Kier molecular flexibility index (Phi) is 3.48. The van der Waals surface area contributed by atoms with E-state index in [1.807, 2.05) is 30.1 Å². The second-order valence-electron chi connectivity index (χ2n) is 5.07. The maximum Gasteiger partial charge on any atom is 0.163 e. The fourth-order valence-electron chi connectivity index (χ4n) is 2.36. The predicted molar refractivity (Wildman–Crippen MR) is 82.1 cm³/mol. The molecule has 21 heavy (non-hydrogen) atoms. The number of ether oxygens (including phenoxy) is 2. The standard InChI is InChI=1S/C16H18N2O3/c1-18(12-3-2-4-13(19)8-12)10-11-7-15-16(9-14(11)17)21-6-5-20-15/h2-4,7-9,19H,5-6,10,17H2,1H3. The molecule has 1 aliphatic rings. The van der Waals surface area contributed by atoms with Crippen LogP contribution in [0.2, 0.25) is 0 Å². The zero-order chi connectivity index (χ0) is 14.8. The molecule has 0 bridgehead atoms. The van der Waals surface area contributed by atoms with Crippen LogP contribution in [-0.2, 0) is 6.54 Å². The Morgan fingerprint density at radius 3 is 2.57 bits per heavy atom. The summed E-state index contributed by atoms with van der Waals surface area (Å²) < 4.78 is 11.1. The lowest BCUT2D eigenvalue weighted by molar-refractivity contribution is 0.171. The Hall–Kier alpha value is -2.56. The Balaban J connectivity index is 1.84. The predicted octanol–water partition coefficient (Wildman–Crippen LogP) is 2.38. The number of phenolic OH excluding ortho intramolecular Hbond substituents is 1. The first kappa shape index (κ1) is 13.4. The number of nitrogen functional groups attached to an aromatic ring is 1. The molecule has 0 fully saturated rings. The molecule has 0 unspecified atom stereocenters. The minimum Gasteiger partial charge on any atom is -0.508 e. The first-order valence-electron chi connectivity index (χ1n) is 6.81. The summed E-state index contributed by atoms with van der Waals surface area (Å²) >= 11 is 0. The summed E-state index contributed by atoms with van der Waals surface area (Å²) in [7, 11) is 1.95. The maximum absolute atomic E-state index is 9.55. The quantitative estimate of drug-likeness (QED) is 0.848. The third-order valence-electron chi connectivity index (χ3n) is 3.48. The van der Waals surface area contributed by atoms with E-state index < -0.39 is 0 Å². The van der Waals surface area contributed by atoms with E-state index in [2.05, 4.69) is 0 Å². The number of anilines is 2. The molecule has 3 N–H and O–H groups in total. The summed E-state index contributed by atoms with van der Waals surface area (Å²) in [5, 5.41) is 9.55. The van der Waals surface area contributed by atoms with Crippen molar-refractivity contribution in [2.75, 3.05) is 30.9 Å². The molecule has 0 atom stereocenters. The summed E-state index contributed by atoms with van der Waals surface area (Å²) in [5.41, 5.74) is 8.65. The van der Waals surface area contributed by atoms with Crippen LogP contribution >= 0.6 is 0 Å². The van der Waals surface area contributed by atoms with Crippen LogP contribution in [0.5, 0.6) is 17.2 Å². The molecule has 110 valence electrons. The van der Waals surface area contributed by atoms with E-state index in [9.17, 15) is 5.11 Å². The number of nitrogens with zero attached hydrogens (tertiary/aromatic N) is 1. The van der Waals surface area contributed by atoms with Gasteiger partial charge in [-0.15, -0.1) is 0 Å². The summed E-state index contributed by atoms with van der Waals surface area (Å²) in [5.74, 6) is 1.67. The zero-order valence-corrected chi connectivity index (χ0v) is 11.9. The van der Waals surface area contributed by atoms with Gasteiger partial charge in [-0.2, -0.15) is 0 Å². The Bertz CT molecular complexity index is 658. The average molecular weight is 286 g/mol. The van der Waals surface area contributed by atoms with E-state index in [0.717, 1.165) is 17.0 Å². The van der Waals surface area contributed by atoms with Gasteiger partial charge in [-0.1, -0.05) is 6.07 Å². The van der Waals surface area contributed by atoms with E-state index in [4.69, 9.17) is 15.2 Å². The van der Waals surface area contributed by atoms with Crippen molar-refractivity contribution in [1.29, 1.82) is 0 Å². The van der Waals surface area contributed by atoms with E-state index in [0.29, 0.717) is 31.2 Å². The van der Waals surface area contributed by atoms with E-state index >= 15 is 0 Å². The molecule has 0 spiro atoms. The highest BCUT2D eigenvalue weighted by molar-refractivity contribution is 5.60. The van der Waals surface area contributed by atoms with E-state index in [-0.39, 0.29) is 5.75 Å². The minimum absolute atomic E-state index is 0.245. The van der Waals surface area contributed by atoms with Crippen molar-refractivity contribution in [3.8, 4) is 17.2 Å². The largest absolute Gasteiger partial charge is 0.508 e. The fraction of sp³-hybridized carbons (Fsp3) is 0.250. The first-order valence-corrected chi connectivity index (χ1v) is 6.81. The fourth-order valence-corrected chi connectivity index (χ4v) is 2.36. The molecule has 2 aromatic rings. The third kappa shape index (κ3) is 2.81. The van der Waals surface area contributed by atoms with Crippen molar-refractivity contribution in [3.63, 3.8) is 0 Å². The second kappa shape index (κ2) is 5.44. The molecule has 0 radical (unpaired) electrons. The van der Waals surface area contributed by atoms with Crippen molar-refractivity contribution in [3.05, 3.63) is 42.0 Å². The van der Waals surface area contributed by atoms with E-state index in [1.54, 1.807) is 18.2 Å². The van der Waals surface area contributed by atoms with Gasteiger partial charge in [0, 0.05) is 37.1 Å². The molecule has 1 heterocycles. The van der Waals surface area contributed by atoms with Crippen LogP contribution in [0.25, 0.3) is 0 Å². The number of fused-ring (bicyclic) bond motifs is 1. The van der Waals surface area contributed by atoms with Crippen molar-refractivity contribution in [2.24, 2.45) is 0 Å². The van der Waals surface area contributed by atoms with Crippen LogP contribution in [0.3, 0.4) is 0 Å². The number of hydrogen-bond donors (Lipinski definition) is 2. The molecule has 0 aliphatic carbocycles. The van der Waals surface area contributed by atoms with Gasteiger partial charge in [-0.25, -0.2) is 0 Å². The van der Waals surface area contributed by atoms with Crippen LogP contribution in [0, 0.1) is 0 Å². The van der Waals surface area contributed by atoms with Crippen LogP contribution in [0.1, 0.15) is 5.56 Å². The Labute approximate surface area is 123 Å². The lowest BCUT2D eigenvalue weighted by atomic mass is 10.1. The van der Waals surface area contributed by atoms with Crippen molar-refractivity contribution in [2.45, 2.75) is 6.54 Å². The topological polar surface area (TPSA) is 68.0 Å². The summed E-state index contributed by atoms with van der Waals surface area (Å²) in [6.45, 7) is 1.72. The van der Waals surface area contributed by atoms with Gasteiger partial charge in [0.25, 0.3) is 0 Å². The molecular weight excluding hydrogens is 268 g/mol. The van der Waals surface area contributed by atoms with Gasteiger partial charge in [0.1, 0.15) is 19.0 Å². The molecule has 2 aromatic carbocycles. The number of benzene rings is 2. The minimum atomic E-state index is 0.245.